The molecule has 0 saturated carbocycles. The minimum atomic E-state index is -3.64. The number of hydrogen-bond donors (Lipinski definition) is 1. The Kier molecular flexibility index (Phi) is 6.27. The Hall–Kier alpha value is -2.25. The van der Waals surface area contributed by atoms with Crippen molar-refractivity contribution in [3.05, 3.63) is 65.5 Å². The summed E-state index contributed by atoms with van der Waals surface area (Å²) >= 11 is 0. The lowest BCUT2D eigenvalue weighted by Crippen LogP contribution is -2.37. The van der Waals surface area contributed by atoms with Gasteiger partial charge in [0.15, 0.2) is 0 Å². The second kappa shape index (κ2) is 8.22. The minimum Gasteiger partial charge on any atom is -0.337 e. The van der Waals surface area contributed by atoms with E-state index in [1.54, 1.807) is 30.3 Å². The fraction of sp³-hybridized carbons (Fsp3) is 0.278. The maximum atomic E-state index is 13.7. The SMILES string of the molecule is CC(=O)N(CCNS(=O)(=O)c1ccc(C)cc1)Cc1ccccc1F. The van der Waals surface area contributed by atoms with Crippen LogP contribution in [0.3, 0.4) is 0 Å². The second-order valence-corrected chi connectivity index (χ2v) is 7.51. The monoisotopic (exact) mass is 364 g/mol. The lowest BCUT2D eigenvalue weighted by Gasteiger charge is -2.21. The van der Waals surface area contributed by atoms with Crippen LogP contribution in [0, 0.1) is 12.7 Å². The Morgan fingerprint density at radius 1 is 1.12 bits per heavy atom. The van der Waals surface area contributed by atoms with Gasteiger partial charge in [-0.15, -0.1) is 0 Å². The predicted octanol–water partition coefficient (Wildman–Crippen LogP) is 2.46. The maximum Gasteiger partial charge on any atom is 0.240 e. The van der Waals surface area contributed by atoms with Crippen LogP contribution in [0.25, 0.3) is 0 Å². The molecule has 0 aliphatic rings. The zero-order valence-corrected chi connectivity index (χ0v) is 15.0. The van der Waals surface area contributed by atoms with Crippen molar-refractivity contribution in [2.75, 3.05) is 13.1 Å². The molecule has 0 bridgehead atoms. The third-order valence-corrected chi connectivity index (χ3v) is 5.25. The van der Waals surface area contributed by atoms with Gasteiger partial charge in [0.2, 0.25) is 15.9 Å². The van der Waals surface area contributed by atoms with E-state index < -0.39 is 15.8 Å². The molecule has 2 aromatic carbocycles. The quantitative estimate of drug-likeness (QED) is 0.821. The van der Waals surface area contributed by atoms with Gasteiger partial charge in [-0.3, -0.25) is 4.79 Å². The maximum absolute atomic E-state index is 13.7. The van der Waals surface area contributed by atoms with Gasteiger partial charge < -0.3 is 4.90 Å². The molecule has 0 aliphatic heterocycles. The van der Waals surface area contributed by atoms with Crippen LogP contribution < -0.4 is 4.72 Å². The summed E-state index contributed by atoms with van der Waals surface area (Å²) in [6.45, 7) is 3.53. The van der Waals surface area contributed by atoms with Crippen LogP contribution in [0.1, 0.15) is 18.1 Å². The fourth-order valence-electron chi connectivity index (χ4n) is 2.30. The molecule has 0 aromatic heterocycles. The number of sulfonamides is 1. The van der Waals surface area contributed by atoms with Crippen LogP contribution in [0.4, 0.5) is 4.39 Å². The number of rotatable bonds is 7. The largest absolute Gasteiger partial charge is 0.337 e. The van der Waals surface area contributed by atoms with Gasteiger partial charge in [0.25, 0.3) is 0 Å². The highest BCUT2D eigenvalue weighted by Crippen LogP contribution is 2.11. The molecule has 25 heavy (non-hydrogen) atoms. The summed E-state index contributed by atoms with van der Waals surface area (Å²) < 4.78 is 40.7. The minimum absolute atomic E-state index is 0.0459. The average Bonchev–Trinajstić information content (AvgIpc) is 2.56. The number of aryl methyl sites for hydroxylation is 1. The molecule has 0 unspecified atom stereocenters. The molecular weight excluding hydrogens is 343 g/mol. The standard InChI is InChI=1S/C18H21FN2O3S/c1-14-7-9-17(10-8-14)25(23,24)20-11-12-21(15(2)22)13-16-5-3-4-6-18(16)19/h3-10,20H,11-13H2,1-2H3. The van der Waals surface area contributed by atoms with Gasteiger partial charge in [0.05, 0.1) is 4.90 Å². The number of amides is 1. The van der Waals surface area contributed by atoms with Crippen molar-refractivity contribution >= 4 is 15.9 Å². The normalized spacial score (nSPS) is 11.3. The van der Waals surface area contributed by atoms with Crippen molar-refractivity contribution in [1.82, 2.24) is 9.62 Å². The molecular formula is C18H21FN2O3S. The van der Waals surface area contributed by atoms with Gasteiger partial charge in [0, 0.05) is 32.1 Å². The van der Waals surface area contributed by atoms with Gasteiger partial charge in [-0.05, 0) is 25.1 Å². The summed E-state index contributed by atoms with van der Waals surface area (Å²) in [4.78, 5) is 13.3. The third kappa shape index (κ3) is 5.37. The Morgan fingerprint density at radius 2 is 1.76 bits per heavy atom. The number of nitrogens with zero attached hydrogens (tertiary/aromatic N) is 1. The van der Waals surface area contributed by atoms with E-state index in [-0.39, 0.29) is 30.4 Å². The first-order chi connectivity index (χ1) is 11.8. The molecule has 0 fully saturated rings. The highest BCUT2D eigenvalue weighted by atomic mass is 32.2. The molecule has 0 radical (unpaired) electrons. The number of hydrogen-bond acceptors (Lipinski definition) is 3. The topological polar surface area (TPSA) is 66.5 Å². The second-order valence-electron chi connectivity index (χ2n) is 5.74. The van der Waals surface area contributed by atoms with Crippen molar-refractivity contribution in [2.24, 2.45) is 0 Å². The smallest absolute Gasteiger partial charge is 0.240 e. The van der Waals surface area contributed by atoms with Crippen molar-refractivity contribution in [2.45, 2.75) is 25.3 Å². The Labute approximate surface area is 147 Å². The van der Waals surface area contributed by atoms with Crippen LogP contribution in [0.5, 0.6) is 0 Å². The van der Waals surface area contributed by atoms with Gasteiger partial charge in [-0.2, -0.15) is 0 Å². The number of halogens is 1. The highest BCUT2D eigenvalue weighted by molar-refractivity contribution is 7.89. The van der Waals surface area contributed by atoms with Gasteiger partial charge >= 0.3 is 0 Å². The Morgan fingerprint density at radius 3 is 2.36 bits per heavy atom. The third-order valence-electron chi connectivity index (χ3n) is 3.77. The van der Waals surface area contributed by atoms with Gasteiger partial charge in [-0.1, -0.05) is 35.9 Å². The highest BCUT2D eigenvalue weighted by Gasteiger charge is 2.16. The summed E-state index contributed by atoms with van der Waals surface area (Å²) in [7, 11) is -3.64. The van der Waals surface area contributed by atoms with E-state index in [9.17, 15) is 17.6 Å². The first kappa shape index (κ1) is 19.1. The Bertz CT molecular complexity index is 836. The van der Waals surface area contributed by atoms with E-state index in [4.69, 9.17) is 0 Å². The van der Waals surface area contributed by atoms with Crippen LogP contribution >= 0.6 is 0 Å². The summed E-state index contributed by atoms with van der Waals surface area (Å²) in [5, 5.41) is 0. The van der Waals surface area contributed by atoms with Crippen LogP contribution in [-0.2, 0) is 21.4 Å². The van der Waals surface area contributed by atoms with Crippen molar-refractivity contribution in [3.63, 3.8) is 0 Å². The molecule has 1 amide bonds. The number of nitrogens with one attached hydrogen (secondary N) is 1. The lowest BCUT2D eigenvalue weighted by atomic mass is 10.2. The van der Waals surface area contributed by atoms with E-state index >= 15 is 0 Å². The van der Waals surface area contributed by atoms with Gasteiger partial charge in [-0.25, -0.2) is 17.5 Å². The Balaban J connectivity index is 1.98. The fourth-order valence-corrected chi connectivity index (χ4v) is 3.32. The van der Waals surface area contributed by atoms with E-state index in [1.165, 1.54) is 30.0 Å². The summed E-state index contributed by atoms with van der Waals surface area (Å²) in [6.07, 6.45) is 0. The van der Waals surface area contributed by atoms with E-state index in [0.717, 1.165) is 5.56 Å². The molecule has 0 aliphatic carbocycles. The zero-order chi connectivity index (χ0) is 18.4. The van der Waals surface area contributed by atoms with Gasteiger partial charge in [0.1, 0.15) is 5.82 Å². The van der Waals surface area contributed by atoms with E-state index in [1.807, 2.05) is 6.92 Å². The molecule has 0 atom stereocenters. The van der Waals surface area contributed by atoms with Crippen LogP contribution in [0.15, 0.2) is 53.4 Å². The molecule has 5 nitrogen and oxygen atoms in total. The molecule has 0 spiro atoms. The molecule has 134 valence electrons. The molecule has 0 heterocycles. The summed E-state index contributed by atoms with van der Waals surface area (Å²) in [6, 6.07) is 12.7. The molecule has 2 rings (SSSR count). The number of carbonyl (C=O) groups is 1. The van der Waals surface area contributed by atoms with E-state index in [2.05, 4.69) is 4.72 Å². The van der Waals surface area contributed by atoms with E-state index in [0.29, 0.717) is 5.56 Å². The summed E-state index contributed by atoms with van der Waals surface area (Å²) in [5.41, 5.74) is 1.35. The molecule has 7 heteroatoms. The van der Waals surface area contributed by atoms with Crippen molar-refractivity contribution < 1.29 is 17.6 Å². The lowest BCUT2D eigenvalue weighted by molar-refractivity contribution is -0.129. The van der Waals surface area contributed by atoms with Crippen molar-refractivity contribution in [3.8, 4) is 0 Å². The molecule has 2 aromatic rings. The molecule has 0 saturated heterocycles. The zero-order valence-electron chi connectivity index (χ0n) is 14.2. The first-order valence-corrected chi connectivity index (χ1v) is 9.33. The first-order valence-electron chi connectivity index (χ1n) is 7.85. The summed E-state index contributed by atoms with van der Waals surface area (Å²) in [5.74, 6) is -0.647. The number of benzene rings is 2. The van der Waals surface area contributed by atoms with Crippen LogP contribution in [-0.4, -0.2) is 32.3 Å². The van der Waals surface area contributed by atoms with Crippen LogP contribution in [0.2, 0.25) is 0 Å². The number of carbonyl (C=O) groups excluding carboxylic acids is 1. The van der Waals surface area contributed by atoms with Crippen molar-refractivity contribution in [1.29, 1.82) is 0 Å². The predicted molar refractivity (Wildman–Crippen MR) is 93.9 cm³/mol. The molecule has 1 N–H and O–H groups in total. The average molecular weight is 364 g/mol.